The molecule has 0 aliphatic carbocycles. The second-order valence-corrected chi connectivity index (χ2v) is 10.0. The summed E-state index contributed by atoms with van der Waals surface area (Å²) in [5, 5.41) is 1.32. The van der Waals surface area contributed by atoms with Crippen LogP contribution in [0.5, 0.6) is 0 Å². The van der Waals surface area contributed by atoms with E-state index in [1.54, 1.807) is 37.3 Å². The lowest BCUT2D eigenvalue weighted by molar-refractivity contribution is 0.316. The summed E-state index contributed by atoms with van der Waals surface area (Å²) in [6, 6.07) is 10.4. The molecule has 9 heteroatoms. The highest BCUT2D eigenvalue weighted by atomic mass is 35.5. The van der Waals surface area contributed by atoms with E-state index in [4.69, 9.17) is 23.2 Å². The monoisotopic (exact) mass is 481 g/mol. The van der Waals surface area contributed by atoms with Gasteiger partial charge in [0.05, 0.1) is 21.8 Å². The fourth-order valence-corrected chi connectivity index (χ4v) is 5.47. The molecule has 1 heterocycles. The standard InChI is InChI=1S/C22H25Cl2N3O3S/c1-4-6-13-27(31(29,30)18-10-7-16(23)8-11-18)15(3)21-25-20-12-9-17(24)14-19(20)22(28)26(21)5-2/h7-12,14-15H,4-6,13H2,1-3H3. The molecule has 0 amide bonds. The Hall–Kier alpha value is -1.93. The third kappa shape index (κ3) is 4.80. The van der Waals surface area contributed by atoms with Gasteiger partial charge < -0.3 is 0 Å². The van der Waals surface area contributed by atoms with Gasteiger partial charge in [-0.05, 0) is 62.7 Å². The Morgan fingerprint density at radius 1 is 1.06 bits per heavy atom. The summed E-state index contributed by atoms with van der Waals surface area (Å²) in [6.45, 7) is 6.26. The normalized spacial score (nSPS) is 13.1. The second-order valence-electron chi connectivity index (χ2n) is 7.28. The Kier molecular flexibility index (Phi) is 7.42. The molecule has 3 aromatic rings. The van der Waals surface area contributed by atoms with Crippen molar-refractivity contribution in [3.8, 4) is 0 Å². The number of fused-ring (bicyclic) bond motifs is 1. The molecule has 0 N–H and O–H groups in total. The van der Waals surface area contributed by atoms with Crippen LogP contribution in [0.15, 0.2) is 52.2 Å². The molecule has 2 aromatic carbocycles. The zero-order valence-electron chi connectivity index (χ0n) is 17.7. The van der Waals surface area contributed by atoms with Gasteiger partial charge in [-0.2, -0.15) is 4.31 Å². The number of hydrogen-bond donors (Lipinski definition) is 0. The van der Waals surface area contributed by atoms with E-state index in [9.17, 15) is 13.2 Å². The molecule has 0 aliphatic rings. The molecular weight excluding hydrogens is 457 g/mol. The lowest BCUT2D eigenvalue weighted by atomic mass is 10.2. The Labute approximate surface area is 192 Å². The summed E-state index contributed by atoms with van der Waals surface area (Å²) in [6.07, 6.45) is 1.50. The summed E-state index contributed by atoms with van der Waals surface area (Å²) < 4.78 is 29.9. The Balaban J connectivity index is 2.17. The van der Waals surface area contributed by atoms with Crippen LogP contribution in [0.25, 0.3) is 10.9 Å². The van der Waals surface area contributed by atoms with Crippen LogP contribution in [0.4, 0.5) is 0 Å². The number of unbranched alkanes of at least 4 members (excludes halogenated alkanes) is 1. The molecule has 3 rings (SSSR count). The van der Waals surface area contributed by atoms with Crippen LogP contribution in [0, 0.1) is 0 Å². The number of halogens is 2. The summed E-state index contributed by atoms with van der Waals surface area (Å²) in [5.74, 6) is 0.399. The van der Waals surface area contributed by atoms with Gasteiger partial charge in [0.25, 0.3) is 5.56 Å². The Morgan fingerprint density at radius 2 is 1.71 bits per heavy atom. The third-order valence-corrected chi connectivity index (χ3v) is 7.69. The zero-order chi connectivity index (χ0) is 22.8. The van der Waals surface area contributed by atoms with Gasteiger partial charge in [-0.3, -0.25) is 9.36 Å². The van der Waals surface area contributed by atoms with Crippen molar-refractivity contribution in [2.75, 3.05) is 6.54 Å². The largest absolute Gasteiger partial charge is 0.295 e. The smallest absolute Gasteiger partial charge is 0.261 e. The molecule has 0 fully saturated rings. The molecule has 0 aliphatic heterocycles. The maximum absolute atomic E-state index is 13.5. The first-order valence-corrected chi connectivity index (χ1v) is 12.4. The van der Waals surface area contributed by atoms with Gasteiger partial charge in [0.1, 0.15) is 5.82 Å². The number of hydrogen-bond acceptors (Lipinski definition) is 4. The summed E-state index contributed by atoms with van der Waals surface area (Å²) >= 11 is 12.0. The van der Waals surface area contributed by atoms with Crippen molar-refractivity contribution >= 4 is 44.1 Å². The lowest BCUT2D eigenvalue weighted by Crippen LogP contribution is -2.38. The van der Waals surface area contributed by atoms with E-state index < -0.39 is 16.1 Å². The van der Waals surface area contributed by atoms with Gasteiger partial charge in [0, 0.05) is 23.1 Å². The molecule has 166 valence electrons. The van der Waals surface area contributed by atoms with E-state index in [2.05, 4.69) is 4.98 Å². The fourth-order valence-electron chi connectivity index (χ4n) is 3.54. The number of rotatable bonds is 8. The van der Waals surface area contributed by atoms with Crippen LogP contribution in [0.1, 0.15) is 45.5 Å². The van der Waals surface area contributed by atoms with Crippen LogP contribution < -0.4 is 5.56 Å². The quantitative estimate of drug-likeness (QED) is 0.438. The molecule has 0 saturated heterocycles. The van der Waals surface area contributed by atoms with Crippen LogP contribution >= 0.6 is 23.2 Å². The van der Waals surface area contributed by atoms with Gasteiger partial charge in [0.2, 0.25) is 10.0 Å². The fraction of sp³-hybridized carbons (Fsp3) is 0.364. The second kappa shape index (κ2) is 9.69. The van der Waals surface area contributed by atoms with Crippen molar-refractivity contribution in [3.63, 3.8) is 0 Å². The van der Waals surface area contributed by atoms with Crippen LogP contribution in [-0.4, -0.2) is 28.8 Å². The molecule has 1 atom stereocenters. The third-order valence-electron chi connectivity index (χ3n) is 5.22. The minimum Gasteiger partial charge on any atom is -0.295 e. The molecule has 0 saturated carbocycles. The minimum atomic E-state index is -3.84. The maximum Gasteiger partial charge on any atom is 0.261 e. The number of nitrogens with zero attached hydrogens (tertiary/aromatic N) is 3. The Bertz CT molecular complexity index is 1240. The molecule has 6 nitrogen and oxygen atoms in total. The van der Waals surface area contributed by atoms with E-state index in [0.29, 0.717) is 46.3 Å². The summed E-state index contributed by atoms with van der Waals surface area (Å²) in [7, 11) is -3.84. The average Bonchev–Trinajstić information content (AvgIpc) is 2.74. The topological polar surface area (TPSA) is 72.3 Å². The van der Waals surface area contributed by atoms with E-state index in [-0.39, 0.29) is 10.5 Å². The molecule has 0 bridgehead atoms. The summed E-state index contributed by atoms with van der Waals surface area (Å²) in [4.78, 5) is 17.9. The number of sulfonamides is 1. The summed E-state index contributed by atoms with van der Waals surface area (Å²) in [5.41, 5.74) is 0.247. The molecule has 1 unspecified atom stereocenters. The average molecular weight is 482 g/mol. The van der Waals surface area contributed by atoms with Crippen molar-refractivity contribution in [1.29, 1.82) is 0 Å². The van der Waals surface area contributed by atoms with Gasteiger partial charge >= 0.3 is 0 Å². The predicted octanol–water partition coefficient (Wildman–Crippen LogP) is 5.28. The Morgan fingerprint density at radius 3 is 2.32 bits per heavy atom. The van der Waals surface area contributed by atoms with E-state index >= 15 is 0 Å². The van der Waals surface area contributed by atoms with Crippen molar-refractivity contribution < 1.29 is 8.42 Å². The number of benzene rings is 2. The lowest BCUT2D eigenvalue weighted by Gasteiger charge is -2.29. The first-order valence-electron chi connectivity index (χ1n) is 10.2. The highest BCUT2D eigenvalue weighted by molar-refractivity contribution is 7.89. The number of aromatic nitrogens is 2. The van der Waals surface area contributed by atoms with Crippen LogP contribution in [0.2, 0.25) is 10.0 Å². The van der Waals surface area contributed by atoms with Gasteiger partial charge in [0.15, 0.2) is 0 Å². The highest BCUT2D eigenvalue weighted by Crippen LogP contribution is 2.28. The van der Waals surface area contributed by atoms with Crippen molar-refractivity contribution in [3.05, 3.63) is 68.7 Å². The van der Waals surface area contributed by atoms with Crippen molar-refractivity contribution in [2.24, 2.45) is 0 Å². The minimum absolute atomic E-state index is 0.151. The first kappa shape index (κ1) is 23.7. The van der Waals surface area contributed by atoms with E-state index in [0.717, 1.165) is 6.42 Å². The maximum atomic E-state index is 13.5. The van der Waals surface area contributed by atoms with Gasteiger partial charge in [-0.1, -0.05) is 36.5 Å². The van der Waals surface area contributed by atoms with E-state index in [1.165, 1.54) is 21.0 Å². The predicted molar refractivity (Wildman–Crippen MR) is 125 cm³/mol. The first-order chi connectivity index (χ1) is 14.7. The van der Waals surface area contributed by atoms with Crippen molar-refractivity contribution in [2.45, 2.75) is 51.1 Å². The highest BCUT2D eigenvalue weighted by Gasteiger charge is 2.32. The molecule has 1 aromatic heterocycles. The molecular formula is C22H25Cl2N3O3S. The molecule has 0 spiro atoms. The van der Waals surface area contributed by atoms with Crippen LogP contribution in [-0.2, 0) is 16.6 Å². The van der Waals surface area contributed by atoms with Crippen molar-refractivity contribution in [1.82, 2.24) is 13.9 Å². The SMILES string of the molecule is CCCCN(C(C)c1nc2ccc(Cl)cc2c(=O)n1CC)S(=O)(=O)c1ccc(Cl)cc1. The van der Waals surface area contributed by atoms with Gasteiger partial charge in [-0.15, -0.1) is 0 Å². The molecule has 0 radical (unpaired) electrons. The van der Waals surface area contributed by atoms with Gasteiger partial charge in [-0.25, -0.2) is 13.4 Å². The van der Waals surface area contributed by atoms with Crippen LogP contribution in [0.3, 0.4) is 0 Å². The molecule has 31 heavy (non-hydrogen) atoms. The van der Waals surface area contributed by atoms with E-state index in [1.807, 2.05) is 13.8 Å². The zero-order valence-corrected chi connectivity index (χ0v) is 20.0.